The van der Waals surface area contributed by atoms with Crippen molar-refractivity contribution in [1.29, 1.82) is 0 Å². The zero-order valence-electron chi connectivity index (χ0n) is 24.6. The van der Waals surface area contributed by atoms with E-state index in [1.54, 1.807) is 0 Å². The van der Waals surface area contributed by atoms with E-state index in [2.05, 4.69) is 118 Å². The first-order valence-corrected chi connectivity index (χ1v) is 29.3. The molecule has 0 N–H and O–H groups in total. The van der Waals surface area contributed by atoms with Crippen molar-refractivity contribution < 1.29 is 54.5 Å². The summed E-state index contributed by atoms with van der Waals surface area (Å²) >= 11 is 0. The van der Waals surface area contributed by atoms with Gasteiger partial charge < -0.3 is 12.3 Å². The van der Waals surface area contributed by atoms with Gasteiger partial charge >= 0.3 is 0 Å². The third-order valence-electron chi connectivity index (χ3n) is 4.01. The maximum Gasteiger partial charge on any atom is 0.226 e. The molecule has 0 amide bonds. The van der Waals surface area contributed by atoms with Crippen LogP contribution in [0.2, 0.25) is 78.6 Å². The van der Waals surface area contributed by atoms with Gasteiger partial charge in [-0.05, 0) is 78.6 Å². The van der Waals surface area contributed by atoms with Crippen LogP contribution in [0.25, 0.3) is 0 Å². The van der Waals surface area contributed by atoms with E-state index in [0.717, 1.165) is 0 Å². The molecule has 0 spiro atoms. The third-order valence-corrected chi connectivity index (χ3v) is 21.5. The van der Waals surface area contributed by atoms with Crippen LogP contribution in [0.3, 0.4) is 0 Å². The van der Waals surface area contributed by atoms with Crippen LogP contribution in [0.15, 0.2) is 73.7 Å². The van der Waals surface area contributed by atoms with Gasteiger partial charge in [0, 0.05) is 42.1 Å². The molecule has 0 bridgehead atoms. The summed E-state index contributed by atoms with van der Waals surface area (Å²) in [6, 6.07) is 0. The van der Waals surface area contributed by atoms with Crippen molar-refractivity contribution in [1.82, 2.24) is 0 Å². The van der Waals surface area contributed by atoms with Crippen molar-refractivity contribution in [2.45, 2.75) is 78.6 Å². The quantitative estimate of drug-likeness (QED) is 0.184. The van der Waals surface area contributed by atoms with Crippen molar-refractivity contribution >= 4 is 49.9 Å². The molecule has 0 fully saturated rings. The summed E-state index contributed by atoms with van der Waals surface area (Å²) < 4.78 is 17.9. The SMILES string of the molecule is C=C[Si](C)(C=C)O[Si](C)(C)C.C=C[Si](C)(C=C)O[Si](C)(C)C.C=C[Si](C)(C=C)O[Si](C)(C)C.[Pt].[Pt]. The molecule has 0 aliphatic heterocycles. The van der Waals surface area contributed by atoms with Gasteiger partial charge in [0.05, 0.1) is 0 Å². The van der Waals surface area contributed by atoms with Crippen LogP contribution in [0, 0.1) is 0 Å². The molecule has 35 heavy (non-hydrogen) atoms. The van der Waals surface area contributed by atoms with E-state index in [-0.39, 0.29) is 42.1 Å². The van der Waals surface area contributed by atoms with Gasteiger partial charge in [0.2, 0.25) is 25.0 Å². The van der Waals surface area contributed by atoms with Crippen LogP contribution in [-0.4, -0.2) is 49.9 Å². The van der Waals surface area contributed by atoms with Gasteiger partial charge in [0.25, 0.3) is 0 Å². The van der Waals surface area contributed by atoms with Crippen molar-refractivity contribution in [3.8, 4) is 0 Å². The minimum atomic E-state index is -1.74. The fraction of sp³-hybridized carbons (Fsp3) is 0.500. The molecule has 11 heteroatoms. The molecule has 0 aromatic heterocycles. The van der Waals surface area contributed by atoms with Gasteiger partial charge in [-0.3, -0.25) is 0 Å². The zero-order chi connectivity index (χ0) is 27.4. The first-order valence-electron chi connectivity index (χ1n) is 11.4. The summed E-state index contributed by atoms with van der Waals surface area (Å²) in [6.07, 6.45) is 0. The van der Waals surface area contributed by atoms with Crippen molar-refractivity contribution in [3.05, 3.63) is 73.7 Å². The molecule has 0 aromatic rings. The topological polar surface area (TPSA) is 27.7 Å². The maximum atomic E-state index is 5.97. The van der Waals surface area contributed by atoms with Crippen LogP contribution in [0.4, 0.5) is 0 Å². The van der Waals surface area contributed by atoms with Gasteiger partial charge in [-0.15, -0.1) is 39.5 Å². The molecule has 0 aliphatic rings. The summed E-state index contributed by atoms with van der Waals surface area (Å²) in [5.41, 5.74) is 11.6. The van der Waals surface area contributed by atoms with Crippen LogP contribution in [0.1, 0.15) is 0 Å². The Bertz CT molecular complexity index is 551. The van der Waals surface area contributed by atoms with E-state index in [9.17, 15) is 0 Å². The second-order valence-corrected chi connectivity index (χ2v) is 36.1. The Morgan fingerprint density at radius 1 is 0.343 bits per heavy atom. The van der Waals surface area contributed by atoms with Crippen molar-refractivity contribution in [2.75, 3.05) is 0 Å². The molecule has 0 unspecified atom stereocenters. The van der Waals surface area contributed by atoms with E-state index in [1.807, 2.05) is 34.2 Å². The Hall–Kier alpha value is 0.998. The van der Waals surface area contributed by atoms with Crippen LogP contribution in [-0.2, 0) is 54.5 Å². The average molecular weight is 949 g/mol. The second-order valence-electron chi connectivity index (χ2n) is 11.4. The molecule has 0 radical (unpaired) electrons. The fourth-order valence-electron chi connectivity index (χ4n) is 2.48. The normalized spacial score (nSPS) is 12.0. The van der Waals surface area contributed by atoms with Gasteiger partial charge in [0.15, 0.2) is 25.0 Å². The summed E-state index contributed by atoms with van der Waals surface area (Å²) in [6.45, 7) is 48.7. The molecule has 0 rings (SSSR count). The van der Waals surface area contributed by atoms with Crippen LogP contribution >= 0.6 is 0 Å². The third kappa shape index (κ3) is 27.8. The van der Waals surface area contributed by atoms with Gasteiger partial charge in [-0.1, -0.05) is 34.2 Å². The number of hydrogen-bond acceptors (Lipinski definition) is 3. The first-order chi connectivity index (χ1) is 14.5. The molecule has 3 nitrogen and oxygen atoms in total. The molecule has 0 atom stereocenters. The van der Waals surface area contributed by atoms with Gasteiger partial charge in [-0.2, -0.15) is 0 Å². The van der Waals surface area contributed by atoms with Gasteiger partial charge in [-0.25, -0.2) is 0 Å². The molecular weight excluding hydrogens is 895 g/mol. The zero-order valence-corrected chi connectivity index (χ0v) is 35.1. The summed E-state index contributed by atoms with van der Waals surface area (Å²) in [7, 11) is -9.48. The average Bonchev–Trinajstić information content (AvgIpc) is 2.65. The van der Waals surface area contributed by atoms with Crippen molar-refractivity contribution in [3.63, 3.8) is 0 Å². The van der Waals surface area contributed by atoms with Gasteiger partial charge in [0.1, 0.15) is 0 Å². The monoisotopic (exact) mass is 948 g/mol. The predicted molar refractivity (Wildman–Crippen MR) is 169 cm³/mol. The smallest absolute Gasteiger partial charge is 0.226 e. The molecule has 0 heterocycles. The predicted octanol–water partition coefficient (Wildman–Crippen LogP) is 8.59. The molecular formula is C24H54O3Pt2Si6. The molecule has 0 aliphatic carbocycles. The van der Waals surface area contributed by atoms with Crippen LogP contribution in [0.5, 0.6) is 0 Å². The van der Waals surface area contributed by atoms with Crippen molar-refractivity contribution in [2.24, 2.45) is 0 Å². The molecule has 0 saturated carbocycles. The molecule has 0 saturated heterocycles. The van der Waals surface area contributed by atoms with Crippen LogP contribution < -0.4 is 0 Å². The molecule has 212 valence electrons. The van der Waals surface area contributed by atoms with E-state index < -0.39 is 49.9 Å². The number of rotatable bonds is 12. The van der Waals surface area contributed by atoms with E-state index in [4.69, 9.17) is 12.3 Å². The minimum absolute atomic E-state index is 0. The largest absolute Gasteiger partial charge is 0.450 e. The van der Waals surface area contributed by atoms with E-state index >= 15 is 0 Å². The first kappa shape index (κ1) is 45.9. The Labute approximate surface area is 254 Å². The second kappa shape index (κ2) is 19.1. The number of hydrogen-bond donors (Lipinski definition) is 0. The summed E-state index contributed by atoms with van der Waals surface area (Å²) in [5.74, 6) is 0. The maximum absolute atomic E-state index is 5.97. The Kier molecular flexibility index (Phi) is 25.1. The Morgan fingerprint density at radius 2 is 0.457 bits per heavy atom. The Balaban J connectivity index is -0.000000125. The van der Waals surface area contributed by atoms with E-state index in [0.29, 0.717) is 0 Å². The Morgan fingerprint density at radius 3 is 0.486 bits per heavy atom. The summed E-state index contributed by atoms with van der Waals surface area (Å²) in [4.78, 5) is 0. The molecule has 0 aromatic carbocycles. The minimum Gasteiger partial charge on any atom is -0.450 e. The standard InChI is InChI=1S/3C8H18OSi2.2Pt/c3*1-7-11(6,8-2)9-10(3,4)5;;/h3*7-8H,1-2H2,3-6H3;;. The fourth-order valence-corrected chi connectivity index (χ4v) is 20.8. The van der Waals surface area contributed by atoms with E-state index in [1.165, 1.54) is 0 Å². The summed E-state index contributed by atoms with van der Waals surface area (Å²) in [5, 5.41) is 0.